The van der Waals surface area contributed by atoms with Gasteiger partial charge in [-0.15, -0.1) is 0 Å². The average Bonchev–Trinajstić information content (AvgIpc) is 3.61. The maximum absolute atomic E-state index is 14.0. The highest BCUT2D eigenvalue weighted by Gasteiger charge is 2.38. The zero-order chi connectivity index (χ0) is 28.7. The largest absolute Gasteiger partial charge is 0.353 e. The molecule has 0 spiro atoms. The molecule has 1 saturated carbocycles. The van der Waals surface area contributed by atoms with Crippen LogP contribution in [-0.2, 0) is 9.59 Å². The van der Waals surface area contributed by atoms with Crippen LogP contribution in [0.2, 0.25) is 0 Å². The van der Waals surface area contributed by atoms with Crippen molar-refractivity contribution in [3.8, 4) is 11.3 Å². The number of hydrogen-bond donors (Lipinski definition) is 2. The molecule has 1 aliphatic carbocycles. The van der Waals surface area contributed by atoms with Gasteiger partial charge in [-0.05, 0) is 47.7 Å². The van der Waals surface area contributed by atoms with Crippen molar-refractivity contribution in [1.82, 2.24) is 20.3 Å². The van der Waals surface area contributed by atoms with E-state index in [-0.39, 0.29) is 41.9 Å². The first kappa shape index (κ1) is 26.6. The first-order chi connectivity index (χ1) is 19.9. The Labute approximate surface area is 238 Å². The summed E-state index contributed by atoms with van der Waals surface area (Å²) in [5.41, 5.74) is 5.58. The number of hydrogen-bond acceptors (Lipinski definition) is 5. The molecule has 3 atom stereocenters. The number of anilines is 1. The van der Waals surface area contributed by atoms with Crippen LogP contribution in [-0.4, -0.2) is 45.6 Å². The second kappa shape index (κ2) is 10.8. The molecule has 4 aromatic rings. The van der Waals surface area contributed by atoms with Crippen LogP contribution in [0, 0.1) is 5.92 Å². The average molecular weight is 548 g/mol. The second-order valence-electron chi connectivity index (χ2n) is 10.9. The van der Waals surface area contributed by atoms with E-state index >= 15 is 0 Å². The van der Waals surface area contributed by atoms with Crippen molar-refractivity contribution in [2.24, 2.45) is 5.92 Å². The lowest BCUT2D eigenvalue weighted by Gasteiger charge is -2.23. The first-order valence-electron chi connectivity index (χ1n) is 14.2. The number of carbonyl (C=O) groups is 3. The summed E-state index contributed by atoms with van der Waals surface area (Å²) < 4.78 is 0. The Hall–Kier alpha value is -4.59. The topological polar surface area (TPSA) is 108 Å². The number of Topliss-reactive ketones (excluding diaryl/α,β-unsaturated/α-hetero) is 1. The van der Waals surface area contributed by atoms with Gasteiger partial charge in [-0.3, -0.25) is 19.4 Å². The lowest BCUT2D eigenvalue weighted by molar-refractivity contribution is -0.121. The third-order valence-corrected chi connectivity index (χ3v) is 8.57. The van der Waals surface area contributed by atoms with Crippen LogP contribution < -0.4 is 10.2 Å². The van der Waals surface area contributed by atoms with E-state index in [1.54, 1.807) is 24.3 Å². The number of nitrogens with zero attached hydrogens (tertiary/aromatic N) is 3. The highest BCUT2D eigenvalue weighted by molar-refractivity contribution is 6.19. The highest BCUT2D eigenvalue weighted by atomic mass is 16.2. The number of aromatic nitrogens is 3. The summed E-state index contributed by atoms with van der Waals surface area (Å²) in [6, 6.07) is 15.8. The van der Waals surface area contributed by atoms with Crippen molar-refractivity contribution in [3.05, 3.63) is 89.9 Å². The molecule has 0 bridgehead atoms. The van der Waals surface area contributed by atoms with E-state index in [2.05, 4.69) is 26.8 Å². The fourth-order valence-corrected chi connectivity index (χ4v) is 6.37. The molecule has 208 valence electrons. The minimum Gasteiger partial charge on any atom is -0.353 e. The molecule has 1 aromatic carbocycles. The number of aromatic amines is 1. The van der Waals surface area contributed by atoms with Crippen molar-refractivity contribution in [2.45, 2.75) is 51.0 Å². The fourth-order valence-electron chi connectivity index (χ4n) is 6.37. The van der Waals surface area contributed by atoms with Crippen LogP contribution in [0.15, 0.2) is 73.1 Å². The molecular formula is C33H33N5O3. The second-order valence-corrected chi connectivity index (χ2v) is 10.9. The van der Waals surface area contributed by atoms with Gasteiger partial charge in [0.05, 0.1) is 11.4 Å². The number of pyridine rings is 2. The number of amides is 2. The maximum atomic E-state index is 14.0. The number of ketones is 1. The number of nitrogens with one attached hydrogen (secondary N) is 2. The molecule has 1 unspecified atom stereocenters. The molecule has 1 fully saturated rings. The summed E-state index contributed by atoms with van der Waals surface area (Å²) in [4.78, 5) is 53.7. The van der Waals surface area contributed by atoms with E-state index in [9.17, 15) is 14.4 Å². The molecule has 1 aliphatic heterocycles. The lowest BCUT2D eigenvalue weighted by Crippen LogP contribution is -2.38. The molecule has 8 nitrogen and oxygen atoms in total. The summed E-state index contributed by atoms with van der Waals surface area (Å²) in [5.74, 6) is -0.778. The Balaban J connectivity index is 1.42. The minimum absolute atomic E-state index is 0.0314. The predicted octanol–water partition coefficient (Wildman–Crippen LogP) is 5.56. The van der Waals surface area contributed by atoms with Gasteiger partial charge in [0.2, 0.25) is 17.6 Å². The third-order valence-electron chi connectivity index (χ3n) is 8.57. The summed E-state index contributed by atoms with van der Waals surface area (Å²) in [6.45, 7) is 6.02. The van der Waals surface area contributed by atoms with Crippen LogP contribution in [0.25, 0.3) is 22.3 Å². The van der Waals surface area contributed by atoms with Crippen molar-refractivity contribution in [2.75, 3.05) is 11.9 Å². The third kappa shape index (κ3) is 4.73. The van der Waals surface area contributed by atoms with Crippen molar-refractivity contribution < 1.29 is 14.4 Å². The van der Waals surface area contributed by atoms with Gasteiger partial charge in [0.15, 0.2) is 0 Å². The number of benzene rings is 1. The van der Waals surface area contributed by atoms with Crippen LogP contribution in [0.1, 0.15) is 66.6 Å². The van der Waals surface area contributed by atoms with Crippen LogP contribution >= 0.6 is 0 Å². The monoisotopic (exact) mass is 547 g/mol. The van der Waals surface area contributed by atoms with Crippen molar-refractivity contribution in [3.63, 3.8) is 0 Å². The van der Waals surface area contributed by atoms with Gasteiger partial charge in [-0.2, -0.15) is 0 Å². The van der Waals surface area contributed by atoms with Gasteiger partial charge in [-0.1, -0.05) is 50.3 Å². The summed E-state index contributed by atoms with van der Waals surface area (Å²) >= 11 is 0. The molecule has 41 heavy (non-hydrogen) atoms. The lowest BCUT2D eigenvalue weighted by atomic mass is 9.87. The van der Waals surface area contributed by atoms with Gasteiger partial charge in [-0.25, -0.2) is 4.98 Å². The standard InChI is InChI=1S/C33H33N5O3/c1-4-27(39)36-25-12-8-11-22(25)19(2)32(41)30-31-29-23(14-16-35-33(29)37-30)24(18-28(40)38(31)3)21-13-15-34-26(17-21)20-9-6-5-7-10-20/h5-7,9-10,13-17,22,24-25H,2,4,8,11-12,18H2,1,3H3,(H,35,37)(H,36,39)/t22-,24?,25-/m1/s1. The van der Waals surface area contributed by atoms with Crippen LogP contribution in [0.5, 0.6) is 0 Å². The highest BCUT2D eigenvalue weighted by Crippen LogP contribution is 2.44. The Kier molecular flexibility index (Phi) is 6.99. The SMILES string of the molecule is C=C(C(=O)c1[nH]c2nccc3c2c1N(C)C(=O)CC3c1ccnc(-c2ccccc2)c1)[C@H]1CCC[C@H]1NC(=O)CC. The molecule has 6 rings (SSSR count). The first-order valence-corrected chi connectivity index (χ1v) is 14.2. The van der Waals surface area contributed by atoms with Crippen LogP contribution in [0.4, 0.5) is 5.69 Å². The Morgan fingerprint density at radius 1 is 1.10 bits per heavy atom. The predicted molar refractivity (Wildman–Crippen MR) is 159 cm³/mol. The van der Waals surface area contributed by atoms with Gasteiger partial charge < -0.3 is 15.2 Å². The number of carbonyl (C=O) groups excluding carboxylic acids is 3. The molecule has 2 N–H and O–H groups in total. The maximum Gasteiger partial charge on any atom is 0.227 e. The van der Waals surface area contributed by atoms with Gasteiger partial charge in [0, 0.05) is 61.1 Å². The van der Waals surface area contributed by atoms with E-state index in [4.69, 9.17) is 0 Å². The van der Waals surface area contributed by atoms with Gasteiger partial charge >= 0.3 is 0 Å². The van der Waals surface area contributed by atoms with Gasteiger partial charge in [0.25, 0.3) is 0 Å². The Bertz CT molecular complexity index is 1670. The zero-order valence-electron chi connectivity index (χ0n) is 23.3. The molecular weight excluding hydrogens is 514 g/mol. The van der Waals surface area contributed by atoms with E-state index in [0.29, 0.717) is 29.0 Å². The summed E-state index contributed by atoms with van der Waals surface area (Å²) in [6.07, 6.45) is 6.63. The smallest absolute Gasteiger partial charge is 0.227 e. The van der Waals surface area contributed by atoms with E-state index < -0.39 is 0 Å². The van der Waals surface area contributed by atoms with E-state index in [0.717, 1.165) is 47.0 Å². The summed E-state index contributed by atoms with van der Waals surface area (Å²) in [5, 5.41) is 3.83. The Morgan fingerprint density at radius 2 is 1.88 bits per heavy atom. The number of H-pyrrole nitrogens is 1. The minimum atomic E-state index is -0.250. The molecule has 4 heterocycles. The number of rotatable bonds is 7. The fraction of sp³-hybridized carbons (Fsp3) is 0.303. The quantitative estimate of drug-likeness (QED) is 0.233. The molecule has 0 saturated heterocycles. The molecule has 3 aromatic heterocycles. The molecule has 8 heteroatoms. The normalized spacial score (nSPS) is 20.2. The zero-order valence-corrected chi connectivity index (χ0v) is 23.3. The van der Waals surface area contributed by atoms with Gasteiger partial charge in [0.1, 0.15) is 11.3 Å². The molecule has 0 radical (unpaired) electrons. The van der Waals surface area contributed by atoms with Crippen LogP contribution in [0.3, 0.4) is 0 Å². The van der Waals surface area contributed by atoms with E-state index in [1.807, 2.05) is 55.5 Å². The molecule has 2 aliphatic rings. The summed E-state index contributed by atoms with van der Waals surface area (Å²) in [7, 11) is 1.71. The molecule has 2 amide bonds. The Morgan fingerprint density at radius 3 is 2.66 bits per heavy atom. The van der Waals surface area contributed by atoms with Crippen molar-refractivity contribution >= 4 is 34.3 Å². The van der Waals surface area contributed by atoms with E-state index in [1.165, 1.54) is 0 Å². The van der Waals surface area contributed by atoms with Crippen molar-refractivity contribution in [1.29, 1.82) is 0 Å².